The van der Waals surface area contributed by atoms with Gasteiger partial charge in [0.15, 0.2) is 0 Å². The second-order valence-electron chi connectivity index (χ2n) is 2.58. The molecular weight excluding hydrogens is 262 g/mol. The molecule has 0 unspecified atom stereocenters. The highest BCUT2D eigenvalue weighted by molar-refractivity contribution is 9.10. The third kappa shape index (κ3) is 2.89. The van der Waals surface area contributed by atoms with Gasteiger partial charge in [-0.25, -0.2) is 0 Å². The Morgan fingerprint density at radius 2 is 2.33 bits per heavy atom. The molecule has 78 valence electrons. The Morgan fingerprint density at radius 3 is 2.87 bits per heavy atom. The summed E-state index contributed by atoms with van der Waals surface area (Å²) in [7, 11) is 0. The first-order chi connectivity index (χ1) is 7.19. The fraction of sp³-hybridized carbons (Fsp3) is 0.100. The molecule has 0 aliphatic heterocycles. The van der Waals surface area contributed by atoms with Crippen molar-refractivity contribution in [1.82, 2.24) is 0 Å². The fourth-order valence-electron chi connectivity index (χ4n) is 0.973. The van der Waals surface area contributed by atoms with Crippen molar-refractivity contribution in [2.75, 3.05) is 6.61 Å². The van der Waals surface area contributed by atoms with Crippen molar-refractivity contribution in [2.24, 2.45) is 5.16 Å². The van der Waals surface area contributed by atoms with E-state index in [0.717, 1.165) is 6.21 Å². The highest BCUT2D eigenvalue weighted by Crippen LogP contribution is 2.30. The summed E-state index contributed by atoms with van der Waals surface area (Å²) in [5.41, 5.74) is 0.366. The Balaban J connectivity index is 3.03. The van der Waals surface area contributed by atoms with Gasteiger partial charge in [0, 0.05) is 10.5 Å². The Hall–Kier alpha value is -1.67. The minimum Gasteiger partial charge on any atom is -0.507 e. The van der Waals surface area contributed by atoms with Crippen molar-refractivity contribution < 1.29 is 15.1 Å². The molecule has 0 atom stereocenters. The van der Waals surface area contributed by atoms with Crippen LogP contribution >= 0.6 is 15.9 Å². The van der Waals surface area contributed by atoms with Crippen LogP contribution in [0.2, 0.25) is 0 Å². The number of nitrogens with zero attached hydrogens (tertiary/aromatic N) is 1. The summed E-state index contributed by atoms with van der Waals surface area (Å²) >= 11 is 3.20. The largest absolute Gasteiger partial charge is 0.507 e. The van der Waals surface area contributed by atoms with Gasteiger partial charge in [0.25, 0.3) is 0 Å². The van der Waals surface area contributed by atoms with Crippen molar-refractivity contribution in [2.45, 2.75) is 0 Å². The van der Waals surface area contributed by atoms with Gasteiger partial charge in [0.2, 0.25) is 0 Å². The number of terminal acetylenes is 1. The molecule has 0 amide bonds. The normalized spacial score (nSPS) is 10.1. The smallest absolute Gasteiger partial charge is 0.148 e. The van der Waals surface area contributed by atoms with E-state index in [1.165, 1.54) is 6.07 Å². The molecule has 5 heteroatoms. The van der Waals surface area contributed by atoms with Gasteiger partial charge >= 0.3 is 0 Å². The van der Waals surface area contributed by atoms with Crippen LogP contribution in [0.4, 0.5) is 0 Å². The number of hydrogen-bond acceptors (Lipinski definition) is 4. The number of aromatic hydroxyl groups is 1. The predicted octanol–water partition coefficient (Wildman–Crippen LogP) is 1.97. The third-order valence-electron chi connectivity index (χ3n) is 1.59. The summed E-state index contributed by atoms with van der Waals surface area (Å²) in [5.74, 6) is 2.69. The van der Waals surface area contributed by atoms with Gasteiger partial charge in [-0.3, -0.25) is 0 Å². The molecule has 0 saturated carbocycles. The van der Waals surface area contributed by atoms with Crippen molar-refractivity contribution >= 4 is 22.1 Å². The van der Waals surface area contributed by atoms with Crippen LogP contribution in [-0.4, -0.2) is 23.1 Å². The average molecular weight is 270 g/mol. The molecule has 15 heavy (non-hydrogen) atoms. The maximum atomic E-state index is 9.54. The number of rotatable bonds is 3. The lowest BCUT2D eigenvalue weighted by Gasteiger charge is -2.06. The van der Waals surface area contributed by atoms with E-state index < -0.39 is 0 Å². The van der Waals surface area contributed by atoms with Gasteiger partial charge in [-0.15, -0.1) is 6.42 Å². The summed E-state index contributed by atoms with van der Waals surface area (Å²) in [6, 6.07) is 3.01. The third-order valence-corrected chi connectivity index (χ3v) is 2.25. The Labute approximate surface area is 95.3 Å². The second-order valence-corrected chi connectivity index (χ2v) is 3.43. The van der Waals surface area contributed by atoms with E-state index in [1.54, 1.807) is 6.07 Å². The lowest BCUT2D eigenvalue weighted by atomic mass is 10.2. The molecule has 4 nitrogen and oxygen atoms in total. The first-order valence-electron chi connectivity index (χ1n) is 3.95. The van der Waals surface area contributed by atoms with Crippen LogP contribution in [-0.2, 0) is 0 Å². The van der Waals surface area contributed by atoms with Crippen LogP contribution < -0.4 is 4.74 Å². The van der Waals surface area contributed by atoms with E-state index in [-0.39, 0.29) is 12.4 Å². The van der Waals surface area contributed by atoms with Crippen LogP contribution in [0.5, 0.6) is 11.5 Å². The maximum Gasteiger partial charge on any atom is 0.148 e. The first kappa shape index (κ1) is 11.4. The number of benzene rings is 1. The predicted molar refractivity (Wildman–Crippen MR) is 59.5 cm³/mol. The van der Waals surface area contributed by atoms with E-state index in [9.17, 15) is 5.11 Å². The standard InChI is InChI=1S/C10H8BrNO3/c1-2-3-15-7-4-9(11)8(6-12-14)10(13)5-7/h1,4-6,13-14H,3H2/b12-6+. The minimum atomic E-state index is -0.0609. The molecule has 0 aliphatic carbocycles. The number of hydrogen-bond donors (Lipinski definition) is 2. The highest BCUT2D eigenvalue weighted by Gasteiger charge is 2.07. The molecule has 0 radical (unpaired) electrons. The van der Waals surface area contributed by atoms with Gasteiger partial charge in [-0.05, 0) is 22.0 Å². The molecule has 2 N–H and O–H groups in total. The summed E-state index contributed by atoms with van der Waals surface area (Å²) < 4.78 is 5.67. The van der Waals surface area contributed by atoms with Crippen LogP contribution in [0.25, 0.3) is 0 Å². The van der Waals surface area contributed by atoms with Crippen molar-refractivity contribution in [3.8, 4) is 23.8 Å². The van der Waals surface area contributed by atoms with Crippen molar-refractivity contribution in [3.63, 3.8) is 0 Å². The van der Waals surface area contributed by atoms with Crippen LogP contribution in [0.1, 0.15) is 5.56 Å². The van der Waals surface area contributed by atoms with Crippen molar-refractivity contribution in [1.29, 1.82) is 0 Å². The van der Waals surface area contributed by atoms with E-state index in [1.807, 2.05) is 0 Å². The molecule has 0 spiro atoms. The van der Waals surface area contributed by atoms with Gasteiger partial charge in [0.05, 0.1) is 11.8 Å². The average Bonchev–Trinajstić information content (AvgIpc) is 2.20. The molecule has 0 saturated heterocycles. The quantitative estimate of drug-likeness (QED) is 0.382. The number of phenolic OH excluding ortho intramolecular Hbond substituents is 1. The minimum absolute atomic E-state index is 0.0609. The van der Waals surface area contributed by atoms with Crippen LogP contribution in [0.3, 0.4) is 0 Å². The van der Waals surface area contributed by atoms with E-state index in [4.69, 9.17) is 16.4 Å². The van der Waals surface area contributed by atoms with Gasteiger partial charge in [-0.2, -0.15) is 0 Å². The summed E-state index contributed by atoms with van der Waals surface area (Å²) in [6.45, 7) is 0.124. The first-order valence-corrected chi connectivity index (χ1v) is 4.74. The number of ether oxygens (including phenoxy) is 1. The zero-order chi connectivity index (χ0) is 11.3. The molecule has 0 fully saturated rings. The zero-order valence-corrected chi connectivity index (χ0v) is 9.23. The SMILES string of the molecule is C#CCOc1cc(O)c(/C=N/O)c(Br)c1. The molecule has 0 aliphatic rings. The fourth-order valence-corrected chi connectivity index (χ4v) is 1.50. The molecule has 1 rings (SSSR count). The second kappa shape index (κ2) is 5.27. The molecule has 0 bridgehead atoms. The van der Waals surface area contributed by atoms with E-state index in [0.29, 0.717) is 15.8 Å². The summed E-state index contributed by atoms with van der Waals surface area (Å²) in [6.07, 6.45) is 6.14. The van der Waals surface area contributed by atoms with Gasteiger partial charge < -0.3 is 15.1 Å². The number of halogens is 1. The lowest BCUT2D eigenvalue weighted by molar-refractivity contribution is 0.321. The zero-order valence-electron chi connectivity index (χ0n) is 7.64. The Bertz CT molecular complexity index is 400. The van der Waals surface area contributed by atoms with Crippen LogP contribution in [0, 0.1) is 12.3 Å². The molecule has 0 heterocycles. The van der Waals surface area contributed by atoms with E-state index in [2.05, 4.69) is 27.0 Å². The number of phenols is 1. The summed E-state index contributed by atoms with van der Waals surface area (Å²) in [5, 5.41) is 20.7. The summed E-state index contributed by atoms with van der Waals surface area (Å²) in [4.78, 5) is 0. The van der Waals surface area contributed by atoms with Crippen molar-refractivity contribution in [3.05, 3.63) is 22.2 Å². The Morgan fingerprint density at radius 1 is 1.60 bits per heavy atom. The highest BCUT2D eigenvalue weighted by atomic mass is 79.9. The molecule has 0 aromatic heterocycles. The Kier molecular flexibility index (Phi) is 4.01. The maximum absolute atomic E-state index is 9.54. The molecule has 1 aromatic rings. The van der Waals surface area contributed by atoms with Gasteiger partial charge in [0.1, 0.15) is 18.1 Å². The molecular formula is C10H8BrNO3. The monoisotopic (exact) mass is 269 g/mol. The lowest BCUT2D eigenvalue weighted by Crippen LogP contribution is -1.95. The molecule has 1 aromatic carbocycles. The van der Waals surface area contributed by atoms with E-state index >= 15 is 0 Å². The topological polar surface area (TPSA) is 62.0 Å². The van der Waals surface area contributed by atoms with Crippen LogP contribution in [0.15, 0.2) is 21.8 Å². The number of oxime groups is 1. The van der Waals surface area contributed by atoms with Gasteiger partial charge in [-0.1, -0.05) is 11.1 Å².